The Morgan fingerprint density at radius 2 is 1.79 bits per heavy atom. The second-order valence-electron chi connectivity index (χ2n) is 8.17. The summed E-state index contributed by atoms with van der Waals surface area (Å²) in [4.78, 5) is 21.3. The summed E-state index contributed by atoms with van der Waals surface area (Å²) in [5.74, 6) is 0.285. The van der Waals surface area contributed by atoms with Crippen molar-refractivity contribution in [2.24, 2.45) is 5.41 Å². The minimum atomic E-state index is -0.359. The summed E-state index contributed by atoms with van der Waals surface area (Å²) in [5.41, 5.74) is 1.26. The van der Waals surface area contributed by atoms with E-state index < -0.39 is 0 Å². The van der Waals surface area contributed by atoms with Gasteiger partial charge >= 0.3 is 0 Å². The number of carbonyl (C=O) groups excluding carboxylic acids is 1. The fraction of sp³-hybridized carbons (Fsp3) is 0.524. The number of hydrogen-bond acceptors (Lipinski definition) is 6. The van der Waals surface area contributed by atoms with E-state index in [4.69, 9.17) is 4.42 Å². The summed E-state index contributed by atoms with van der Waals surface area (Å²) in [6.07, 6.45) is 1.41. The van der Waals surface area contributed by atoms with E-state index in [2.05, 4.69) is 44.4 Å². The van der Waals surface area contributed by atoms with Crippen molar-refractivity contribution in [1.29, 1.82) is 0 Å². The van der Waals surface area contributed by atoms with Gasteiger partial charge < -0.3 is 14.8 Å². The van der Waals surface area contributed by atoms with Crippen molar-refractivity contribution in [3.8, 4) is 0 Å². The van der Waals surface area contributed by atoms with Gasteiger partial charge in [0.05, 0.1) is 6.54 Å². The molecule has 0 saturated carbocycles. The van der Waals surface area contributed by atoms with Crippen LogP contribution < -0.4 is 5.32 Å². The van der Waals surface area contributed by atoms with Crippen LogP contribution in [0.4, 0.5) is 0 Å². The van der Waals surface area contributed by atoms with Crippen molar-refractivity contribution >= 4 is 5.91 Å². The number of piperazine rings is 1. The molecule has 1 aliphatic rings. The Balaban J connectivity index is 1.44. The molecule has 2 heterocycles. The van der Waals surface area contributed by atoms with Crippen LogP contribution in [0.25, 0.3) is 0 Å². The lowest BCUT2D eigenvalue weighted by atomic mass is 9.95. The molecule has 1 saturated heterocycles. The third-order valence-corrected chi connectivity index (χ3v) is 5.01. The van der Waals surface area contributed by atoms with E-state index in [-0.39, 0.29) is 23.6 Å². The number of nitrogens with one attached hydrogen (secondary N) is 1. The predicted molar refractivity (Wildman–Crippen MR) is 107 cm³/mol. The number of amides is 1. The molecule has 1 aromatic heterocycles. The molecule has 0 aliphatic carbocycles. The molecule has 28 heavy (non-hydrogen) atoms. The van der Waals surface area contributed by atoms with Crippen molar-refractivity contribution in [3.63, 3.8) is 0 Å². The van der Waals surface area contributed by atoms with Crippen molar-refractivity contribution in [1.82, 2.24) is 20.1 Å². The Labute approximate surface area is 166 Å². The van der Waals surface area contributed by atoms with Crippen LogP contribution in [0.2, 0.25) is 0 Å². The van der Waals surface area contributed by atoms with Gasteiger partial charge in [-0.1, -0.05) is 44.2 Å². The van der Waals surface area contributed by atoms with Crippen LogP contribution in [0.15, 0.2) is 41.0 Å². The van der Waals surface area contributed by atoms with Gasteiger partial charge in [-0.15, -0.1) is 0 Å². The fourth-order valence-electron chi connectivity index (χ4n) is 3.09. The molecule has 2 aromatic rings. The van der Waals surface area contributed by atoms with Crippen LogP contribution in [0.3, 0.4) is 0 Å². The first-order valence-electron chi connectivity index (χ1n) is 9.77. The highest BCUT2D eigenvalue weighted by molar-refractivity contribution is 5.91. The van der Waals surface area contributed by atoms with E-state index in [1.165, 1.54) is 11.8 Å². The highest BCUT2D eigenvalue weighted by atomic mass is 16.3. The molecular formula is C21H30N4O3. The lowest BCUT2D eigenvalue weighted by molar-refractivity contribution is 0.0906. The first kappa shape index (κ1) is 20.5. The number of benzene rings is 1. The first-order valence-corrected chi connectivity index (χ1v) is 9.77. The van der Waals surface area contributed by atoms with Gasteiger partial charge in [-0.25, -0.2) is 4.98 Å². The molecule has 1 aromatic carbocycles. The van der Waals surface area contributed by atoms with Crippen molar-refractivity contribution in [2.75, 3.05) is 39.3 Å². The number of aliphatic hydroxyl groups is 1. The van der Waals surface area contributed by atoms with Gasteiger partial charge in [0.1, 0.15) is 6.26 Å². The maximum absolute atomic E-state index is 12.2. The van der Waals surface area contributed by atoms with Gasteiger partial charge in [-0.3, -0.25) is 14.6 Å². The number of nitrogens with zero attached hydrogens (tertiary/aromatic N) is 3. The number of rotatable bonds is 8. The number of carbonyl (C=O) groups is 1. The molecule has 1 fully saturated rings. The summed E-state index contributed by atoms with van der Waals surface area (Å²) in [6.45, 7) is 9.64. The topological polar surface area (TPSA) is 81.8 Å². The van der Waals surface area contributed by atoms with E-state index in [0.29, 0.717) is 19.0 Å². The zero-order valence-corrected chi connectivity index (χ0v) is 16.7. The van der Waals surface area contributed by atoms with Crippen LogP contribution in [-0.4, -0.2) is 65.1 Å². The molecule has 152 valence electrons. The quantitative estimate of drug-likeness (QED) is 0.719. The van der Waals surface area contributed by atoms with Gasteiger partial charge in [0, 0.05) is 51.3 Å². The standard InChI is InChI=1S/C21H30N4O3/c1-21(2,16-26)15-22-20(27)18-14-28-19(23-18)13-25-10-8-24(9-11-25)12-17-6-4-3-5-7-17/h3-7,14,26H,8-13,15-16H2,1-2H3,(H,22,27). The molecule has 0 bridgehead atoms. The average Bonchev–Trinajstić information content (AvgIpc) is 3.17. The van der Waals surface area contributed by atoms with E-state index in [1.807, 2.05) is 19.9 Å². The first-order chi connectivity index (χ1) is 13.4. The Bertz CT molecular complexity index is 752. The molecule has 1 amide bonds. The normalized spacial score (nSPS) is 16.2. The third-order valence-electron chi connectivity index (χ3n) is 5.01. The number of hydrogen-bond donors (Lipinski definition) is 2. The molecule has 3 rings (SSSR count). The maximum Gasteiger partial charge on any atom is 0.273 e. The predicted octanol–water partition coefficient (Wildman–Crippen LogP) is 1.74. The number of aliphatic hydroxyl groups excluding tert-OH is 1. The number of oxazole rings is 1. The summed E-state index contributed by atoms with van der Waals surface area (Å²) in [7, 11) is 0. The fourth-order valence-corrected chi connectivity index (χ4v) is 3.09. The highest BCUT2D eigenvalue weighted by Crippen LogP contribution is 2.13. The Kier molecular flexibility index (Phi) is 6.83. The summed E-state index contributed by atoms with van der Waals surface area (Å²) >= 11 is 0. The van der Waals surface area contributed by atoms with Crippen LogP contribution in [0.1, 0.15) is 35.8 Å². The Hall–Kier alpha value is -2.22. The average molecular weight is 386 g/mol. The van der Waals surface area contributed by atoms with Gasteiger partial charge in [0.25, 0.3) is 5.91 Å². The number of aromatic nitrogens is 1. The molecule has 2 N–H and O–H groups in total. The van der Waals surface area contributed by atoms with Crippen LogP contribution >= 0.6 is 0 Å². The SMILES string of the molecule is CC(C)(CO)CNC(=O)c1coc(CN2CCN(Cc3ccccc3)CC2)n1. The molecule has 0 unspecified atom stereocenters. The van der Waals surface area contributed by atoms with Crippen molar-refractivity contribution in [3.05, 3.63) is 53.7 Å². The summed E-state index contributed by atoms with van der Waals surface area (Å²) in [5, 5.41) is 12.1. The minimum absolute atomic E-state index is 0.00754. The van der Waals surface area contributed by atoms with E-state index >= 15 is 0 Å². The zero-order valence-electron chi connectivity index (χ0n) is 16.7. The Morgan fingerprint density at radius 1 is 1.14 bits per heavy atom. The molecule has 0 spiro atoms. The van der Waals surface area contributed by atoms with Crippen molar-refractivity contribution in [2.45, 2.75) is 26.9 Å². The molecule has 0 radical (unpaired) electrons. The summed E-state index contributed by atoms with van der Waals surface area (Å²) in [6, 6.07) is 10.5. The van der Waals surface area contributed by atoms with Gasteiger partial charge in [0.15, 0.2) is 5.69 Å². The van der Waals surface area contributed by atoms with E-state index in [1.54, 1.807) is 0 Å². The monoisotopic (exact) mass is 386 g/mol. The van der Waals surface area contributed by atoms with Crippen LogP contribution in [0, 0.1) is 5.41 Å². The molecular weight excluding hydrogens is 356 g/mol. The van der Waals surface area contributed by atoms with Gasteiger partial charge in [0.2, 0.25) is 5.89 Å². The smallest absolute Gasteiger partial charge is 0.273 e. The van der Waals surface area contributed by atoms with E-state index in [9.17, 15) is 9.90 Å². The Morgan fingerprint density at radius 3 is 2.43 bits per heavy atom. The zero-order chi connectivity index (χ0) is 20.0. The molecule has 0 atom stereocenters. The second kappa shape index (κ2) is 9.32. The summed E-state index contributed by atoms with van der Waals surface area (Å²) < 4.78 is 5.49. The van der Waals surface area contributed by atoms with Crippen LogP contribution in [0.5, 0.6) is 0 Å². The van der Waals surface area contributed by atoms with Crippen LogP contribution in [-0.2, 0) is 13.1 Å². The maximum atomic E-state index is 12.2. The molecule has 7 nitrogen and oxygen atoms in total. The lowest BCUT2D eigenvalue weighted by Gasteiger charge is -2.34. The second-order valence-corrected chi connectivity index (χ2v) is 8.17. The lowest BCUT2D eigenvalue weighted by Crippen LogP contribution is -2.45. The largest absolute Gasteiger partial charge is 0.447 e. The van der Waals surface area contributed by atoms with E-state index in [0.717, 1.165) is 32.7 Å². The van der Waals surface area contributed by atoms with Gasteiger partial charge in [-0.2, -0.15) is 0 Å². The minimum Gasteiger partial charge on any atom is -0.447 e. The van der Waals surface area contributed by atoms with Gasteiger partial charge in [-0.05, 0) is 5.56 Å². The molecule has 7 heteroatoms. The highest BCUT2D eigenvalue weighted by Gasteiger charge is 2.21. The molecule has 1 aliphatic heterocycles. The van der Waals surface area contributed by atoms with Crippen molar-refractivity contribution < 1.29 is 14.3 Å². The third kappa shape index (κ3) is 5.89.